The van der Waals surface area contributed by atoms with Crippen LogP contribution in [0.15, 0.2) is 34.8 Å². The number of hydrogen-bond donors (Lipinski definition) is 1. The van der Waals surface area contributed by atoms with Crippen molar-refractivity contribution in [2.75, 3.05) is 0 Å². The molecule has 0 fully saturated rings. The lowest BCUT2D eigenvalue weighted by molar-refractivity contribution is 0.195. The molecule has 0 radical (unpaired) electrons. The molecule has 0 heterocycles. The van der Waals surface area contributed by atoms with Gasteiger partial charge in [-0.15, -0.1) is 0 Å². The van der Waals surface area contributed by atoms with E-state index in [1.165, 1.54) is 5.56 Å². The first-order valence-electron chi connectivity index (χ1n) is 6.61. The largest absolute Gasteiger partial charge is 0.457 e. The second-order valence-electron chi connectivity index (χ2n) is 5.17. The fourth-order valence-electron chi connectivity index (χ4n) is 2.17. The molecule has 0 aliphatic heterocycles. The average Bonchev–Trinajstić information content (AvgIpc) is 2.35. The van der Waals surface area contributed by atoms with Gasteiger partial charge in [-0.1, -0.05) is 28.1 Å². The predicted octanol–water partition coefficient (Wildman–Crippen LogP) is 5.22. The summed E-state index contributed by atoms with van der Waals surface area (Å²) in [5.74, 6) is 1.52. The molecule has 106 valence electrons. The summed E-state index contributed by atoms with van der Waals surface area (Å²) in [6, 6.07) is 9.83. The molecule has 2 rings (SSSR count). The van der Waals surface area contributed by atoms with E-state index < -0.39 is 6.10 Å². The number of benzene rings is 2. The van der Waals surface area contributed by atoms with Crippen molar-refractivity contribution in [3.05, 3.63) is 57.1 Å². The Balaban J connectivity index is 2.47. The van der Waals surface area contributed by atoms with Gasteiger partial charge in [0, 0.05) is 10.0 Å². The van der Waals surface area contributed by atoms with Crippen LogP contribution in [-0.2, 0) is 0 Å². The zero-order valence-electron chi connectivity index (χ0n) is 12.2. The van der Waals surface area contributed by atoms with E-state index in [0.717, 1.165) is 26.9 Å². The van der Waals surface area contributed by atoms with Crippen LogP contribution in [0.3, 0.4) is 0 Å². The Morgan fingerprint density at radius 2 is 1.75 bits per heavy atom. The summed E-state index contributed by atoms with van der Waals surface area (Å²) in [7, 11) is 0. The van der Waals surface area contributed by atoms with Crippen LogP contribution in [0.4, 0.5) is 0 Å². The van der Waals surface area contributed by atoms with Crippen LogP contribution in [0.2, 0.25) is 0 Å². The van der Waals surface area contributed by atoms with Crippen LogP contribution in [0, 0.1) is 20.8 Å². The molecule has 0 saturated heterocycles. The fraction of sp³-hybridized carbons (Fsp3) is 0.294. The molecule has 2 aromatic rings. The van der Waals surface area contributed by atoms with Crippen LogP contribution < -0.4 is 4.74 Å². The fourth-order valence-corrected chi connectivity index (χ4v) is 2.51. The highest BCUT2D eigenvalue weighted by atomic mass is 79.9. The van der Waals surface area contributed by atoms with E-state index in [1.807, 2.05) is 31.2 Å². The third-order valence-electron chi connectivity index (χ3n) is 3.41. The third kappa shape index (κ3) is 3.22. The zero-order chi connectivity index (χ0) is 14.9. The molecule has 1 N–H and O–H groups in total. The molecule has 0 aliphatic rings. The van der Waals surface area contributed by atoms with Gasteiger partial charge in [-0.3, -0.25) is 0 Å². The minimum atomic E-state index is -0.565. The van der Waals surface area contributed by atoms with Crippen LogP contribution >= 0.6 is 15.9 Å². The van der Waals surface area contributed by atoms with Gasteiger partial charge in [0.2, 0.25) is 0 Å². The summed E-state index contributed by atoms with van der Waals surface area (Å²) in [6.07, 6.45) is -0.565. The van der Waals surface area contributed by atoms with Crippen LogP contribution in [0.5, 0.6) is 11.5 Å². The van der Waals surface area contributed by atoms with Gasteiger partial charge >= 0.3 is 0 Å². The molecule has 0 bridgehead atoms. The molecule has 0 aromatic heterocycles. The van der Waals surface area contributed by atoms with E-state index in [-0.39, 0.29) is 0 Å². The lowest BCUT2D eigenvalue weighted by atomic mass is 10.1. The van der Waals surface area contributed by atoms with Gasteiger partial charge in [0.15, 0.2) is 0 Å². The van der Waals surface area contributed by atoms with Crippen molar-refractivity contribution >= 4 is 15.9 Å². The second kappa shape index (κ2) is 5.98. The van der Waals surface area contributed by atoms with E-state index >= 15 is 0 Å². The second-order valence-corrected chi connectivity index (χ2v) is 6.08. The molecule has 1 unspecified atom stereocenters. The third-order valence-corrected chi connectivity index (χ3v) is 3.90. The highest BCUT2D eigenvalue weighted by molar-refractivity contribution is 9.10. The highest BCUT2D eigenvalue weighted by Gasteiger charge is 2.12. The van der Waals surface area contributed by atoms with Crippen molar-refractivity contribution in [3.63, 3.8) is 0 Å². The first-order valence-corrected chi connectivity index (χ1v) is 7.41. The number of hydrogen-bond acceptors (Lipinski definition) is 2. The van der Waals surface area contributed by atoms with Crippen molar-refractivity contribution in [1.82, 2.24) is 0 Å². The molecular weight excluding hydrogens is 316 g/mol. The Morgan fingerprint density at radius 3 is 2.40 bits per heavy atom. The van der Waals surface area contributed by atoms with Gasteiger partial charge in [-0.2, -0.15) is 0 Å². The topological polar surface area (TPSA) is 29.5 Å². The van der Waals surface area contributed by atoms with E-state index in [4.69, 9.17) is 4.74 Å². The Hall–Kier alpha value is -1.32. The smallest absolute Gasteiger partial charge is 0.134 e. The van der Waals surface area contributed by atoms with Gasteiger partial charge in [-0.05, 0) is 62.6 Å². The van der Waals surface area contributed by atoms with Gasteiger partial charge in [0.1, 0.15) is 11.5 Å². The van der Waals surface area contributed by atoms with Crippen molar-refractivity contribution in [2.24, 2.45) is 0 Å². The molecule has 1 atom stereocenters. The Bertz CT molecular complexity index is 633. The van der Waals surface area contributed by atoms with Crippen molar-refractivity contribution in [1.29, 1.82) is 0 Å². The standard InChI is InChI=1S/C17H19BrO2/c1-10-7-11(2)12(3)16(8-10)20-17-9-14(18)5-6-15(17)13(4)19/h5-9,13,19H,1-4H3. The maximum Gasteiger partial charge on any atom is 0.134 e. The normalized spacial score (nSPS) is 12.3. The Morgan fingerprint density at radius 1 is 1.05 bits per heavy atom. The molecule has 0 saturated carbocycles. The molecule has 0 spiro atoms. The number of halogens is 1. The van der Waals surface area contributed by atoms with E-state index in [9.17, 15) is 5.11 Å². The van der Waals surface area contributed by atoms with E-state index in [0.29, 0.717) is 5.75 Å². The molecular formula is C17H19BrO2. The van der Waals surface area contributed by atoms with E-state index in [1.54, 1.807) is 6.92 Å². The number of rotatable bonds is 3. The summed E-state index contributed by atoms with van der Waals surface area (Å²) >= 11 is 3.44. The molecule has 3 heteroatoms. The highest BCUT2D eigenvalue weighted by Crippen LogP contribution is 2.34. The maximum atomic E-state index is 9.86. The van der Waals surface area contributed by atoms with Crippen LogP contribution in [0.25, 0.3) is 0 Å². The predicted molar refractivity (Wildman–Crippen MR) is 85.5 cm³/mol. The number of aliphatic hydroxyl groups is 1. The van der Waals surface area contributed by atoms with Gasteiger partial charge < -0.3 is 9.84 Å². The lowest BCUT2D eigenvalue weighted by Gasteiger charge is -2.16. The maximum absolute atomic E-state index is 9.86. The number of aryl methyl sites for hydroxylation is 2. The molecule has 20 heavy (non-hydrogen) atoms. The molecule has 2 nitrogen and oxygen atoms in total. The first-order chi connectivity index (χ1) is 9.38. The number of aliphatic hydroxyl groups excluding tert-OH is 1. The SMILES string of the molecule is Cc1cc(C)c(C)c(Oc2cc(Br)ccc2C(C)O)c1. The van der Waals surface area contributed by atoms with Gasteiger partial charge in [-0.25, -0.2) is 0 Å². The molecule has 0 aliphatic carbocycles. The van der Waals surface area contributed by atoms with Gasteiger partial charge in [0.05, 0.1) is 6.10 Å². The number of ether oxygens (including phenoxy) is 1. The molecule has 2 aromatic carbocycles. The minimum absolute atomic E-state index is 0.565. The van der Waals surface area contributed by atoms with E-state index in [2.05, 4.69) is 35.8 Å². The summed E-state index contributed by atoms with van der Waals surface area (Å²) in [6.45, 7) is 7.91. The summed E-state index contributed by atoms with van der Waals surface area (Å²) in [5.41, 5.74) is 4.27. The minimum Gasteiger partial charge on any atom is -0.457 e. The zero-order valence-corrected chi connectivity index (χ0v) is 13.8. The summed E-state index contributed by atoms with van der Waals surface area (Å²) in [5, 5.41) is 9.86. The Kier molecular flexibility index (Phi) is 4.51. The first kappa shape index (κ1) is 15.1. The Labute approximate surface area is 128 Å². The summed E-state index contributed by atoms with van der Waals surface area (Å²) in [4.78, 5) is 0. The monoisotopic (exact) mass is 334 g/mol. The quantitative estimate of drug-likeness (QED) is 0.833. The lowest BCUT2D eigenvalue weighted by Crippen LogP contribution is -1.98. The van der Waals surface area contributed by atoms with Crippen molar-refractivity contribution in [3.8, 4) is 11.5 Å². The molecule has 0 amide bonds. The van der Waals surface area contributed by atoms with Crippen LogP contribution in [-0.4, -0.2) is 5.11 Å². The average molecular weight is 335 g/mol. The van der Waals surface area contributed by atoms with Crippen molar-refractivity contribution < 1.29 is 9.84 Å². The van der Waals surface area contributed by atoms with Crippen molar-refractivity contribution in [2.45, 2.75) is 33.8 Å². The van der Waals surface area contributed by atoms with Gasteiger partial charge in [0.25, 0.3) is 0 Å². The van der Waals surface area contributed by atoms with Crippen LogP contribution in [0.1, 0.15) is 35.3 Å². The summed E-state index contributed by atoms with van der Waals surface area (Å²) < 4.78 is 6.98.